The smallest absolute Gasteiger partial charge is 0.322 e. The third kappa shape index (κ3) is 4.07. The van der Waals surface area contributed by atoms with Gasteiger partial charge in [-0.15, -0.1) is 0 Å². The average Bonchev–Trinajstić information content (AvgIpc) is 3.28. The second-order valence-electron chi connectivity index (χ2n) is 7.71. The molecule has 2 saturated heterocycles. The minimum Gasteiger partial charge on any atom is -0.368 e. The van der Waals surface area contributed by atoms with Crippen LogP contribution in [0.5, 0.6) is 0 Å². The Kier molecular flexibility index (Phi) is 5.34. The zero-order chi connectivity index (χ0) is 22.2. The summed E-state index contributed by atoms with van der Waals surface area (Å²) in [6.45, 7) is 1.63. The van der Waals surface area contributed by atoms with Crippen molar-refractivity contribution in [3.05, 3.63) is 47.8 Å². The number of hydrogen-bond donors (Lipinski definition) is 2. The van der Waals surface area contributed by atoms with Crippen LogP contribution >= 0.6 is 0 Å². The third-order valence-electron chi connectivity index (χ3n) is 5.70. The van der Waals surface area contributed by atoms with Crippen LogP contribution in [0.3, 0.4) is 0 Å². The van der Waals surface area contributed by atoms with Crippen molar-refractivity contribution in [1.29, 1.82) is 0 Å². The van der Waals surface area contributed by atoms with Crippen molar-refractivity contribution in [2.45, 2.75) is 18.4 Å². The van der Waals surface area contributed by atoms with Crippen LogP contribution in [0, 0.1) is 11.6 Å². The Bertz CT molecular complexity index is 1010. The standard InChI is InChI=1S/C20H22F2N6O3/c1-26-12-13(11-23-26)20(18(30)24-19(31)25-20)3-2-17(29)28-6-4-27(5-7-28)16-9-14(21)8-15(22)10-16/h8-12H,2-7H2,1H3,(H2,24,25,30,31). The van der Waals surface area contributed by atoms with Crippen LogP contribution in [-0.2, 0) is 22.2 Å². The minimum atomic E-state index is -1.35. The number of nitrogens with zero attached hydrogens (tertiary/aromatic N) is 4. The Hall–Kier alpha value is -3.50. The first-order valence-electron chi connectivity index (χ1n) is 9.88. The second-order valence-corrected chi connectivity index (χ2v) is 7.71. The number of rotatable bonds is 5. The van der Waals surface area contributed by atoms with Crippen LogP contribution in [0.15, 0.2) is 30.6 Å². The molecule has 2 fully saturated rings. The van der Waals surface area contributed by atoms with Gasteiger partial charge in [0, 0.05) is 63.2 Å². The molecule has 2 N–H and O–H groups in total. The predicted molar refractivity (Wildman–Crippen MR) is 106 cm³/mol. The molecule has 164 valence electrons. The molecule has 1 aromatic heterocycles. The van der Waals surface area contributed by atoms with Gasteiger partial charge in [-0.25, -0.2) is 13.6 Å². The van der Waals surface area contributed by atoms with Crippen molar-refractivity contribution in [1.82, 2.24) is 25.3 Å². The molecule has 0 radical (unpaired) electrons. The van der Waals surface area contributed by atoms with Crippen molar-refractivity contribution in [2.75, 3.05) is 31.1 Å². The molecule has 1 atom stereocenters. The molecule has 0 aliphatic carbocycles. The second kappa shape index (κ2) is 7.97. The number of carbonyl (C=O) groups excluding carboxylic acids is 3. The molecule has 2 aliphatic rings. The molecule has 0 saturated carbocycles. The monoisotopic (exact) mass is 432 g/mol. The Morgan fingerprint density at radius 3 is 2.35 bits per heavy atom. The van der Waals surface area contributed by atoms with E-state index in [-0.39, 0.29) is 18.7 Å². The summed E-state index contributed by atoms with van der Waals surface area (Å²) in [6.07, 6.45) is 3.25. The van der Waals surface area contributed by atoms with Crippen LogP contribution in [0.1, 0.15) is 18.4 Å². The topological polar surface area (TPSA) is 99.6 Å². The summed E-state index contributed by atoms with van der Waals surface area (Å²) in [5.74, 6) is -1.98. The van der Waals surface area contributed by atoms with Gasteiger partial charge in [-0.3, -0.25) is 19.6 Å². The zero-order valence-corrected chi connectivity index (χ0v) is 16.9. The zero-order valence-electron chi connectivity index (χ0n) is 16.9. The first kappa shape index (κ1) is 20.8. The molecule has 11 heteroatoms. The number of aryl methyl sites for hydroxylation is 1. The summed E-state index contributed by atoms with van der Waals surface area (Å²) < 4.78 is 28.5. The summed E-state index contributed by atoms with van der Waals surface area (Å²) in [4.78, 5) is 40.6. The maximum atomic E-state index is 13.5. The predicted octanol–water partition coefficient (Wildman–Crippen LogP) is 0.862. The highest BCUT2D eigenvalue weighted by Gasteiger charge is 2.48. The number of anilines is 1. The largest absolute Gasteiger partial charge is 0.368 e. The maximum absolute atomic E-state index is 13.5. The van der Waals surface area contributed by atoms with Crippen molar-refractivity contribution in [2.24, 2.45) is 7.05 Å². The summed E-state index contributed by atoms with van der Waals surface area (Å²) >= 11 is 0. The molecule has 2 aromatic rings. The molecule has 1 unspecified atom stereocenters. The van der Waals surface area contributed by atoms with Crippen molar-refractivity contribution in [3.8, 4) is 0 Å². The highest BCUT2D eigenvalue weighted by molar-refractivity contribution is 6.07. The number of halogens is 2. The van der Waals surface area contributed by atoms with E-state index in [0.717, 1.165) is 6.07 Å². The fourth-order valence-corrected chi connectivity index (χ4v) is 4.05. The number of aromatic nitrogens is 2. The van der Waals surface area contributed by atoms with Crippen LogP contribution in [0.2, 0.25) is 0 Å². The molecule has 2 aliphatic heterocycles. The van der Waals surface area contributed by atoms with Crippen LogP contribution < -0.4 is 15.5 Å². The van der Waals surface area contributed by atoms with E-state index in [0.29, 0.717) is 37.4 Å². The van der Waals surface area contributed by atoms with Crippen molar-refractivity contribution in [3.63, 3.8) is 0 Å². The summed E-state index contributed by atoms with van der Waals surface area (Å²) in [6, 6.07) is 2.73. The van der Waals surface area contributed by atoms with E-state index in [9.17, 15) is 23.2 Å². The first-order chi connectivity index (χ1) is 14.8. The van der Waals surface area contributed by atoms with E-state index in [1.807, 2.05) is 4.90 Å². The number of benzene rings is 1. The van der Waals surface area contributed by atoms with E-state index >= 15 is 0 Å². The quantitative estimate of drug-likeness (QED) is 0.683. The Morgan fingerprint density at radius 1 is 1.13 bits per heavy atom. The minimum absolute atomic E-state index is 0.0389. The Labute approximate surface area is 177 Å². The number of nitrogens with one attached hydrogen (secondary N) is 2. The normalized spacial score (nSPS) is 21.3. The Morgan fingerprint density at radius 2 is 1.81 bits per heavy atom. The van der Waals surface area contributed by atoms with Crippen LogP contribution in [-0.4, -0.2) is 58.7 Å². The molecule has 3 heterocycles. The van der Waals surface area contributed by atoms with Crippen molar-refractivity contribution < 1.29 is 23.2 Å². The average molecular weight is 432 g/mol. The van der Waals surface area contributed by atoms with Crippen LogP contribution in [0.4, 0.5) is 19.3 Å². The lowest BCUT2D eigenvalue weighted by Gasteiger charge is -2.36. The lowest BCUT2D eigenvalue weighted by atomic mass is 9.87. The highest BCUT2D eigenvalue weighted by atomic mass is 19.1. The van der Waals surface area contributed by atoms with Crippen LogP contribution in [0.25, 0.3) is 0 Å². The lowest BCUT2D eigenvalue weighted by Crippen LogP contribution is -2.50. The van der Waals surface area contributed by atoms with E-state index in [4.69, 9.17) is 0 Å². The van der Waals surface area contributed by atoms with Gasteiger partial charge >= 0.3 is 6.03 Å². The molecular formula is C20H22F2N6O3. The molecule has 4 rings (SSSR count). The SMILES string of the molecule is Cn1cc(C2(CCC(=O)N3CCN(c4cc(F)cc(F)c4)CC3)NC(=O)NC2=O)cn1. The molecule has 0 bridgehead atoms. The lowest BCUT2D eigenvalue weighted by molar-refractivity contribution is -0.132. The van der Waals surface area contributed by atoms with Gasteiger partial charge in [0.05, 0.1) is 6.20 Å². The summed E-state index contributed by atoms with van der Waals surface area (Å²) in [5, 5.41) is 8.94. The number of hydrogen-bond acceptors (Lipinski definition) is 5. The van der Waals surface area contributed by atoms with Gasteiger partial charge in [-0.2, -0.15) is 5.10 Å². The molecular weight excluding hydrogens is 410 g/mol. The fourth-order valence-electron chi connectivity index (χ4n) is 4.05. The Balaban J connectivity index is 1.39. The van der Waals surface area contributed by atoms with E-state index < -0.39 is 29.1 Å². The van der Waals surface area contributed by atoms with Gasteiger partial charge in [0.25, 0.3) is 5.91 Å². The first-order valence-corrected chi connectivity index (χ1v) is 9.88. The van der Waals surface area contributed by atoms with Gasteiger partial charge in [0.1, 0.15) is 17.2 Å². The molecule has 9 nitrogen and oxygen atoms in total. The maximum Gasteiger partial charge on any atom is 0.322 e. The van der Waals surface area contributed by atoms with E-state index in [1.165, 1.54) is 23.0 Å². The number of piperazine rings is 1. The van der Waals surface area contributed by atoms with Gasteiger partial charge in [0.2, 0.25) is 5.91 Å². The number of imide groups is 1. The summed E-state index contributed by atoms with van der Waals surface area (Å²) in [5.41, 5.74) is -0.406. The van der Waals surface area contributed by atoms with Gasteiger partial charge in [0.15, 0.2) is 0 Å². The third-order valence-corrected chi connectivity index (χ3v) is 5.70. The van der Waals surface area contributed by atoms with Gasteiger partial charge < -0.3 is 15.1 Å². The van der Waals surface area contributed by atoms with E-state index in [1.54, 1.807) is 18.1 Å². The summed E-state index contributed by atoms with van der Waals surface area (Å²) in [7, 11) is 1.70. The molecule has 4 amide bonds. The molecule has 1 aromatic carbocycles. The van der Waals surface area contributed by atoms with Crippen molar-refractivity contribution >= 4 is 23.5 Å². The highest BCUT2D eigenvalue weighted by Crippen LogP contribution is 2.30. The van der Waals surface area contributed by atoms with Gasteiger partial charge in [-0.1, -0.05) is 0 Å². The van der Waals surface area contributed by atoms with E-state index in [2.05, 4.69) is 15.7 Å². The number of urea groups is 1. The molecule has 31 heavy (non-hydrogen) atoms. The number of carbonyl (C=O) groups is 3. The fraction of sp³-hybridized carbons (Fsp3) is 0.400. The number of amides is 4. The molecule has 0 spiro atoms. The van der Waals surface area contributed by atoms with Gasteiger partial charge in [-0.05, 0) is 18.6 Å².